The highest BCUT2D eigenvalue weighted by Gasteiger charge is 2.01. The highest BCUT2D eigenvalue weighted by molar-refractivity contribution is 5.59. The lowest BCUT2D eigenvalue weighted by Crippen LogP contribution is -1.89. The molecule has 100 valence electrons. The highest BCUT2D eigenvalue weighted by atomic mass is 16.3. The summed E-state index contributed by atoms with van der Waals surface area (Å²) in [7, 11) is 1.89. The molecule has 1 heterocycles. The molecule has 1 aromatic heterocycles. The Morgan fingerprint density at radius 2 is 1.78 bits per heavy atom. The lowest BCUT2D eigenvalue weighted by Gasteiger charge is -1.99. The van der Waals surface area contributed by atoms with Gasteiger partial charge in [-0.3, -0.25) is 4.68 Å². The van der Waals surface area contributed by atoms with Crippen LogP contribution in [0.5, 0.6) is 0 Å². The zero-order valence-electron chi connectivity index (χ0n) is 12.0. The van der Waals surface area contributed by atoms with Crippen molar-refractivity contribution >= 4 is 0 Å². The molecule has 0 fully saturated rings. The van der Waals surface area contributed by atoms with E-state index >= 15 is 0 Å². The van der Waals surface area contributed by atoms with Crippen molar-refractivity contribution in [1.82, 2.24) is 9.78 Å². The molecule has 0 saturated carbocycles. The topological polar surface area (TPSA) is 38.0 Å². The van der Waals surface area contributed by atoms with Crippen LogP contribution in [0.25, 0.3) is 11.3 Å². The summed E-state index contributed by atoms with van der Waals surface area (Å²) < 4.78 is 1.76. The van der Waals surface area contributed by atoms with E-state index in [0.717, 1.165) is 16.8 Å². The minimum absolute atomic E-state index is 0.0701. The van der Waals surface area contributed by atoms with E-state index in [1.54, 1.807) is 4.68 Å². The van der Waals surface area contributed by atoms with E-state index < -0.39 is 0 Å². The number of hydrogen-bond acceptors (Lipinski definition) is 2. The van der Waals surface area contributed by atoms with Gasteiger partial charge in [0.15, 0.2) is 0 Å². The average Bonchev–Trinajstić information content (AvgIpc) is 2.90. The Morgan fingerprint density at radius 1 is 1.11 bits per heavy atom. The smallest absolute Gasteiger partial charge is 0.0923 e. The highest BCUT2D eigenvalue weighted by Crippen LogP contribution is 2.17. The van der Waals surface area contributed by atoms with E-state index in [-0.39, 0.29) is 6.61 Å². The van der Waals surface area contributed by atoms with E-state index in [4.69, 9.17) is 5.11 Å². The fourth-order valence-electron chi connectivity index (χ4n) is 1.40. The molecular weight excluding hydrogens is 224 g/mol. The van der Waals surface area contributed by atoms with Crippen LogP contribution in [0, 0.1) is 0 Å². The van der Waals surface area contributed by atoms with Gasteiger partial charge in [-0.05, 0) is 17.7 Å². The van der Waals surface area contributed by atoms with Crippen LogP contribution in [-0.2, 0) is 13.7 Å². The van der Waals surface area contributed by atoms with E-state index in [0.29, 0.717) is 0 Å². The lowest BCUT2D eigenvalue weighted by molar-refractivity contribution is 0.282. The molecular formula is C15H24N2O. The molecule has 0 aliphatic carbocycles. The Balaban J connectivity index is 0.000000659. The molecule has 0 radical (unpaired) electrons. The van der Waals surface area contributed by atoms with E-state index in [1.807, 2.05) is 71.3 Å². The molecule has 18 heavy (non-hydrogen) atoms. The Bertz CT molecular complexity index is 436. The van der Waals surface area contributed by atoms with Gasteiger partial charge < -0.3 is 5.11 Å². The van der Waals surface area contributed by atoms with Gasteiger partial charge in [0.1, 0.15) is 0 Å². The molecule has 1 aromatic carbocycles. The molecule has 0 amide bonds. The number of aliphatic hydroxyl groups excluding tert-OH is 1. The number of aromatic nitrogens is 2. The number of aliphatic hydroxyl groups is 1. The Hall–Kier alpha value is -1.61. The van der Waals surface area contributed by atoms with Crippen molar-refractivity contribution in [3.63, 3.8) is 0 Å². The Morgan fingerprint density at radius 3 is 2.28 bits per heavy atom. The minimum Gasteiger partial charge on any atom is -0.392 e. The standard InChI is InChI=1S/C11H12N2O.2C2H6/c1-13-6-5-11(12-13)10-4-2-3-9(7-10)8-14;2*1-2/h2-7,14H,8H2,1H3;2*1-2H3. The van der Waals surface area contributed by atoms with Gasteiger partial charge in [-0.15, -0.1) is 0 Å². The number of rotatable bonds is 2. The van der Waals surface area contributed by atoms with Gasteiger partial charge in [0.2, 0.25) is 0 Å². The SMILES string of the molecule is CC.CC.Cn1ccc(-c2cccc(CO)c2)n1. The predicted molar refractivity (Wildman–Crippen MR) is 77.3 cm³/mol. The first-order chi connectivity index (χ1) is 8.79. The summed E-state index contributed by atoms with van der Waals surface area (Å²) in [5, 5.41) is 13.3. The first-order valence-electron chi connectivity index (χ1n) is 6.49. The van der Waals surface area contributed by atoms with Gasteiger partial charge >= 0.3 is 0 Å². The van der Waals surface area contributed by atoms with Crippen molar-refractivity contribution in [2.75, 3.05) is 0 Å². The second-order valence-corrected chi connectivity index (χ2v) is 3.23. The summed E-state index contributed by atoms with van der Waals surface area (Å²) in [5.41, 5.74) is 2.88. The number of benzene rings is 1. The maximum Gasteiger partial charge on any atom is 0.0923 e. The molecule has 0 atom stereocenters. The van der Waals surface area contributed by atoms with Crippen LogP contribution < -0.4 is 0 Å². The summed E-state index contributed by atoms with van der Waals surface area (Å²) in [5.74, 6) is 0. The van der Waals surface area contributed by atoms with Crippen molar-refractivity contribution in [3.8, 4) is 11.3 Å². The van der Waals surface area contributed by atoms with Gasteiger partial charge in [0.25, 0.3) is 0 Å². The maximum atomic E-state index is 8.99. The maximum absolute atomic E-state index is 8.99. The third kappa shape index (κ3) is 4.72. The van der Waals surface area contributed by atoms with E-state index in [2.05, 4.69) is 5.10 Å². The largest absolute Gasteiger partial charge is 0.392 e. The molecule has 0 aliphatic heterocycles. The van der Waals surface area contributed by atoms with Crippen LogP contribution in [0.15, 0.2) is 36.5 Å². The van der Waals surface area contributed by atoms with Crippen LogP contribution in [0.2, 0.25) is 0 Å². The fraction of sp³-hybridized carbons (Fsp3) is 0.400. The van der Waals surface area contributed by atoms with Crippen LogP contribution in [0.3, 0.4) is 0 Å². The first-order valence-corrected chi connectivity index (χ1v) is 6.49. The average molecular weight is 248 g/mol. The Kier molecular flexibility index (Phi) is 8.58. The van der Waals surface area contributed by atoms with Gasteiger partial charge in [-0.1, -0.05) is 45.9 Å². The first kappa shape index (κ1) is 16.4. The summed E-state index contributed by atoms with van der Waals surface area (Å²) in [6, 6.07) is 9.71. The molecule has 0 saturated heterocycles. The molecule has 0 unspecified atom stereocenters. The van der Waals surface area contributed by atoms with Crippen LogP contribution in [0.1, 0.15) is 33.3 Å². The number of hydrogen-bond donors (Lipinski definition) is 1. The lowest BCUT2D eigenvalue weighted by atomic mass is 10.1. The van der Waals surface area contributed by atoms with Crippen LogP contribution in [0.4, 0.5) is 0 Å². The van der Waals surface area contributed by atoms with Crippen molar-refractivity contribution in [2.24, 2.45) is 7.05 Å². The van der Waals surface area contributed by atoms with E-state index in [1.165, 1.54) is 0 Å². The zero-order chi connectivity index (χ0) is 14.0. The molecule has 3 heteroatoms. The zero-order valence-corrected chi connectivity index (χ0v) is 12.0. The summed E-state index contributed by atoms with van der Waals surface area (Å²) in [6.45, 7) is 8.07. The molecule has 0 aliphatic rings. The quantitative estimate of drug-likeness (QED) is 0.881. The second-order valence-electron chi connectivity index (χ2n) is 3.23. The van der Waals surface area contributed by atoms with Crippen molar-refractivity contribution in [1.29, 1.82) is 0 Å². The molecule has 2 rings (SSSR count). The van der Waals surface area contributed by atoms with Gasteiger partial charge in [-0.25, -0.2) is 0 Å². The molecule has 2 aromatic rings. The third-order valence-electron chi connectivity index (χ3n) is 2.12. The van der Waals surface area contributed by atoms with Crippen molar-refractivity contribution in [2.45, 2.75) is 34.3 Å². The van der Waals surface area contributed by atoms with Gasteiger partial charge in [0.05, 0.1) is 12.3 Å². The van der Waals surface area contributed by atoms with E-state index in [9.17, 15) is 0 Å². The summed E-state index contributed by atoms with van der Waals surface area (Å²) >= 11 is 0. The summed E-state index contributed by atoms with van der Waals surface area (Å²) in [6.07, 6.45) is 1.90. The fourth-order valence-corrected chi connectivity index (χ4v) is 1.40. The predicted octanol–water partition coefficient (Wildman–Crippen LogP) is 3.63. The van der Waals surface area contributed by atoms with Crippen LogP contribution >= 0.6 is 0 Å². The molecule has 0 bridgehead atoms. The van der Waals surface area contributed by atoms with Gasteiger partial charge in [-0.2, -0.15) is 5.10 Å². The number of nitrogens with zero attached hydrogens (tertiary/aromatic N) is 2. The molecule has 3 nitrogen and oxygen atoms in total. The number of aryl methyl sites for hydroxylation is 1. The third-order valence-corrected chi connectivity index (χ3v) is 2.12. The Labute approximate surface area is 110 Å². The normalized spacial score (nSPS) is 8.78. The van der Waals surface area contributed by atoms with Crippen molar-refractivity contribution in [3.05, 3.63) is 42.1 Å². The monoisotopic (exact) mass is 248 g/mol. The van der Waals surface area contributed by atoms with Gasteiger partial charge in [0, 0.05) is 18.8 Å². The summed E-state index contributed by atoms with van der Waals surface area (Å²) in [4.78, 5) is 0. The molecule has 0 spiro atoms. The minimum atomic E-state index is 0.0701. The van der Waals surface area contributed by atoms with Crippen LogP contribution in [-0.4, -0.2) is 14.9 Å². The second kappa shape index (κ2) is 9.42. The van der Waals surface area contributed by atoms with Crippen molar-refractivity contribution < 1.29 is 5.11 Å². The molecule has 1 N–H and O–H groups in total.